The van der Waals surface area contributed by atoms with Crippen LogP contribution in [0.25, 0.3) is 0 Å². The fourth-order valence-corrected chi connectivity index (χ4v) is 1.03. The lowest BCUT2D eigenvalue weighted by atomic mass is 10.1. The third kappa shape index (κ3) is 1.60. The quantitative estimate of drug-likeness (QED) is 0.660. The topological polar surface area (TPSA) is 45.9 Å². The predicted octanol–water partition coefficient (Wildman–Crippen LogP) is 1.41. The molecule has 0 atom stereocenters. The van der Waals surface area contributed by atoms with E-state index < -0.39 is 0 Å². The van der Waals surface area contributed by atoms with Gasteiger partial charge >= 0.3 is 0 Å². The summed E-state index contributed by atoms with van der Waals surface area (Å²) in [5.41, 5.74) is 2.38. The molecule has 3 nitrogen and oxygen atoms in total. The Kier molecular flexibility index (Phi) is 2.78. The molecule has 0 aliphatic heterocycles. The van der Waals surface area contributed by atoms with Crippen LogP contribution in [0.5, 0.6) is 0 Å². The number of nitriles is 1. The summed E-state index contributed by atoms with van der Waals surface area (Å²) in [6.07, 6.45) is 1.63. The first kappa shape index (κ1) is 8.69. The number of methoxy groups -OCH3 is 1. The van der Waals surface area contributed by atoms with E-state index in [-0.39, 0.29) is 0 Å². The van der Waals surface area contributed by atoms with Crippen molar-refractivity contribution in [2.24, 2.45) is 0 Å². The summed E-state index contributed by atoms with van der Waals surface area (Å²) in [6.45, 7) is 2.32. The minimum atomic E-state index is 0.447. The lowest BCUT2D eigenvalue weighted by Crippen LogP contribution is -1.97. The molecule has 0 radical (unpaired) electrons. The zero-order valence-corrected chi connectivity index (χ0v) is 7.16. The Morgan fingerprint density at radius 2 is 2.42 bits per heavy atom. The van der Waals surface area contributed by atoms with Gasteiger partial charge in [0.2, 0.25) is 0 Å². The maximum Gasteiger partial charge on any atom is 0.0996 e. The van der Waals surface area contributed by atoms with Gasteiger partial charge in [-0.05, 0) is 13.0 Å². The third-order valence-corrected chi connectivity index (χ3v) is 1.68. The van der Waals surface area contributed by atoms with E-state index in [0.29, 0.717) is 12.2 Å². The number of pyridine rings is 1. The Hall–Kier alpha value is -1.40. The molecular formula is C9H10N2O. The first-order valence-corrected chi connectivity index (χ1v) is 3.63. The van der Waals surface area contributed by atoms with Crippen molar-refractivity contribution >= 4 is 0 Å². The molecule has 1 rings (SSSR count). The van der Waals surface area contributed by atoms with Crippen LogP contribution in [0.4, 0.5) is 0 Å². The summed E-state index contributed by atoms with van der Waals surface area (Å²) in [5, 5.41) is 8.74. The molecule has 0 N–H and O–H groups in total. The number of hydrogen-bond acceptors (Lipinski definition) is 3. The van der Waals surface area contributed by atoms with Crippen molar-refractivity contribution in [1.29, 1.82) is 5.26 Å². The molecule has 0 aliphatic rings. The average molecular weight is 162 g/mol. The largest absolute Gasteiger partial charge is 0.380 e. The molecule has 0 unspecified atom stereocenters. The van der Waals surface area contributed by atoms with Crippen LogP contribution in [0.2, 0.25) is 0 Å². The van der Waals surface area contributed by atoms with E-state index in [1.165, 1.54) is 0 Å². The van der Waals surface area contributed by atoms with Gasteiger partial charge in [0.25, 0.3) is 0 Å². The third-order valence-electron chi connectivity index (χ3n) is 1.68. The van der Waals surface area contributed by atoms with Gasteiger partial charge in [-0.3, -0.25) is 4.98 Å². The highest BCUT2D eigenvalue weighted by Gasteiger charge is 2.04. The van der Waals surface area contributed by atoms with E-state index in [4.69, 9.17) is 10.00 Å². The Morgan fingerprint density at radius 1 is 1.67 bits per heavy atom. The standard InChI is InChI=1S/C9H10N2O/c1-7-9(6-12-2)8(5-10)3-4-11-7/h3-4H,6H2,1-2H3. The zero-order chi connectivity index (χ0) is 8.97. The normalized spacial score (nSPS) is 9.42. The van der Waals surface area contributed by atoms with E-state index in [1.54, 1.807) is 19.4 Å². The molecule has 12 heavy (non-hydrogen) atoms. The summed E-state index contributed by atoms with van der Waals surface area (Å²) < 4.78 is 4.96. The van der Waals surface area contributed by atoms with Gasteiger partial charge in [0.15, 0.2) is 0 Å². The first-order valence-electron chi connectivity index (χ1n) is 3.63. The molecule has 0 saturated carbocycles. The van der Waals surface area contributed by atoms with Crippen LogP contribution in [0.15, 0.2) is 12.3 Å². The second-order valence-electron chi connectivity index (χ2n) is 2.47. The van der Waals surface area contributed by atoms with Gasteiger partial charge in [-0.1, -0.05) is 0 Å². The fourth-order valence-electron chi connectivity index (χ4n) is 1.03. The van der Waals surface area contributed by atoms with Crippen molar-refractivity contribution in [2.45, 2.75) is 13.5 Å². The van der Waals surface area contributed by atoms with Crippen LogP contribution >= 0.6 is 0 Å². The molecule has 0 bridgehead atoms. The monoisotopic (exact) mass is 162 g/mol. The summed E-state index contributed by atoms with van der Waals surface area (Å²) >= 11 is 0. The summed E-state index contributed by atoms with van der Waals surface area (Å²) in [5.74, 6) is 0. The molecule has 0 fully saturated rings. The van der Waals surface area contributed by atoms with Gasteiger partial charge in [0, 0.05) is 24.6 Å². The van der Waals surface area contributed by atoms with Crippen molar-refractivity contribution in [2.75, 3.05) is 7.11 Å². The lowest BCUT2D eigenvalue weighted by Gasteiger charge is -2.04. The molecule has 1 aromatic rings. The maximum absolute atomic E-state index is 8.74. The van der Waals surface area contributed by atoms with Crippen LogP contribution in [-0.4, -0.2) is 12.1 Å². The molecule has 0 aromatic carbocycles. The van der Waals surface area contributed by atoms with Crippen molar-refractivity contribution in [3.8, 4) is 6.07 Å². The van der Waals surface area contributed by atoms with Crippen molar-refractivity contribution in [1.82, 2.24) is 4.98 Å². The first-order chi connectivity index (χ1) is 5.79. The van der Waals surface area contributed by atoms with E-state index in [1.807, 2.05) is 6.92 Å². The zero-order valence-electron chi connectivity index (χ0n) is 7.16. The number of rotatable bonds is 2. The van der Waals surface area contributed by atoms with Gasteiger partial charge in [0.1, 0.15) is 0 Å². The molecule has 3 heteroatoms. The molecule has 0 spiro atoms. The molecule has 1 heterocycles. The average Bonchev–Trinajstić information content (AvgIpc) is 2.09. The van der Waals surface area contributed by atoms with E-state index in [9.17, 15) is 0 Å². The van der Waals surface area contributed by atoms with Gasteiger partial charge in [0.05, 0.1) is 18.2 Å². The molecule has 1 aromatic heterocycles. The van der Waals surface area contributed by atoms with Crippen molar-refractivity contribution in [3.63, 3.8) is 0 Å². The maximum atomic E-state index is 8.74. The molecule has 0 aliphatic carbocycles. The number of aryl methyl sites for hydroxylation is 1. The SMILES string of the molecule is COCc1c(C#N)ccnc1C. The predicted molar refractivity (Wildman–Crippen MR) is 44.4 cm³/mol. The summed E-state index contributed by atoms with van der Waals surface area (Å²) in [4.78, 5) is 4.08. The van der Waals surface area contributed by atoms with Crippen molar-refractivity contribution < 1.29 is 4.74 Å². The Bertz CT molecular complexity index is 315. The van der Waals surface area contributed by atoms with Crippen LogP contribution in [0.3, 0.4) is 0 Å². The minimum absolute atomic E-state index is 0.447. The molecular weight excluding hydrogens is 152 g/mol. The lowest BCUT2D eigenvalue weighted by molar-refractivity contribution is 0.184. The van der Waals surface area contributed by atoms with Gasteiger partial charge in [-0.2, -0.15) is 5.26 Å². The van der Waals surface area contributed by atoms with Crippen LogP contribution < -0.4 is 0 Å². The van der Waals surface area contributed by atoms with E-state index >= 15 is 0 Å². The fraction of sp³-hybridized carbons (Fsp3) is 0.333. The molecule has 62 valence electrons. The van der Waals surface area contributed by atoms with Crippen LogP contribution in [0.1, 0.15) is 16.8 Å². The van der Waals surface area contributed by atoms with Gasteiger partial charge in [-0.25, -0.2) is 0 Å². The molecule has 0 saturated heterocycles. The Labute approximate surface area is 71.6 Å². The molecule has 0 amide bonds. The highest BCUT2D eigenvalue weighted by atomic mass is 16.5. The number of hydrogen-bond donors (Lipinski definition) is 0. The van der Waals surface area contributed by atoms with Crippen LogP contribution in [0, 0.1) is 18.3 Å². The van der Waals surface area contributed by atoms with Crippen LogP contribution in [-0.2, 0) is 11.3 Å². The summed E-state index contributed by atoms with van der Waals surface area (Å²) in [6, 6.07) is 3.80. The minimum Gasteiger partial charge on any atom is -0.380 e. The number of ether oxygens (including phenoxy) is 1. The van der Waals surface area contributed by atoms with E-state index in [2.05, 4.69) is 11.1 Å². The smallest absolute Gasteiger partial charge is 0.0996 e. The van der Waals surface area contributed by atoms with Gasteiger partial charge in [-0.15, -0.1) is 0 Å². The number of aromatic nitrogens is 1. The number of nitrogens with zero attached hydrogens (tertiary/aromatic N) is 2. The second kappa shape index (κ2) is 3.84. The van der Waals surface area contributed by atoms with Crippen molar-refractivity contribution in [3.05, 3.63) is 29.1 Å². The Balaban J connectivity index is 3.13. The summed E-state index contributed by atoms with van der Waals surface area (Å²) in [7, 11) is 1.60. The highest BCUT2D eigenvalue weighted by Crippen LogP contribution is 2.11. The second-order valence-corrected chi connectivity index (χ2v) is 2.47. The highest BCUT2D eigenvalue weighted by molar-refractivity contribution is 5.38. The Morgan fingerprint density at radius 3 is 3.00 bits per heavy atom. The van der Waals surface area contributed by atoms with E-state index in [0.717, 1.165) is 11.3 Å². The van der Waals surface area contributed by atoms with Gasteiger partial charge < -0.3 is 4.74 Å².